The lowest BCUT2D eigenvalue weighted by molar-refractivity contribution is 0.344. The van der Waals surface area contributed by atoms with Crippen molar-refractivity contribution in [3.63, 3.8) is 0 Å². The predicted molar refractivity (Wildman–Crippen MR) is 52.0 cm³/mol. The van der Waals surface area contributed by atoms with Crippen LogP contribution >= 0.6 is 0 Å². The van der Waals surface area contributed by atoms with Crippen LogP contribution in [0.2, 0.25) is 0 Å². The number of rotatable bonds is 4. The zero-order valence-electron chi connectivity index (χ0n) is 8.39. The molecule has 0 aliphatic carbocycles. The summed E-state index contributed by atoms with van der Waals surface area (Å²) < 4.78 is 30.9. The molecule has 5 heteroatoms. The van der Waals surface area contributed by atoms with E-state index in [0.29, 0.717) is 19.0 Å². The molecule has 0 amide bonds. The Labute approximate surface area is 86.5 Å². The summed E-state index contributed by atoms with van der Waals surface area (Å²) in [7, 11) is 1.21. The number of methoxy groups -OCH3 is 1. The standard InChI is InChI=1S/C10H13F2NO2/c1-15-10-8(12)5-7(11)6(9(10)14)3-2-4-13/h5,14H,2-4,13H2,1H3. The van der Waals surface area contributed by atoms with Crippen LogP contribution in [0.5, 0.6) is 11.5 Å². The molecule has 0 heterocycles. The fraction of sp³-hybridized carbons (Fsp3) is 0.400. The number of phenolic OH excluding ortho intramolecular Hbond substituents is 1. The summed E-state index contributed by atoms with van der Waals surface area (Å²) in [5.74, 6) is -2.50. The lowest BCUT2D eigenvalue weighted by Crippen LogP contribution is -2.03. The van der Waals surface area contributed by atoms with Crippen LogP contribution in [0.15, 0.2) is 6.07 Å². The Bertz CT molecular complexity index is 356. The molecule has 0 saturated heterocycles. The van der Waals surface area contributed by atoms with Gasteiger partial charge in [-0.15, -0.1) is 0 Å². The van der Waals surface area contributed by atoms with Gasteiger partial charge < -0.3 is 15.6 Å². The van der Waals surface area contributed by atoms with E-state index in [4.69, 9.17) is 5.73 Å². The van der Waals surface area contributed by atoms with Crippen molar-refractivity contribution in [1.82, 2.24) is 0 Å². The monoisotopic (exact) mass is 217 g/mol. The molecule has 0 radical (unpaired) electrons. The summed E-state index contributed by atoms with van der Waals surface area (Å²) in [6.45, 7) is 0.374. The maximum atomic E-state index is 13.3. The maximum absolute atomic E-state index is 13.3. The van der Waals surface area contributed by atoms with Crippen LogP contribution in [0.25, 0.3) is 0 Å². The lowest BCUT2D eigenvalue weighted by Gasteiger charge is -2.10. The number of hydrogen-bond donors (Lipinski definition) is 2. The van der Waals surface area contributed by atoms with Crippen molar-refractivity contribution in [3.05, 3.63) is 23.3 Å². The van der Waals surface area contributed by atoms with Gasteiger partial charge in [0.1, 0.15) is 5.82 Å². The predicted octanol–water partition coefficient (Wildman–Crippen LogP) is 1.57. The van der Waals surface area contributed by atoms with Crippen LogP contribution in [0.3, 0.4) is 0 Å². The van der Waals surface area contributed by atoms with E-state index in [1.54, 1.807) is 0 Å². The third-order valence-corrected chi connectivity index (χ3v) is 2.09. The van der Waals surface area contributed by atoms with Crippen LogP contribution in [-0.2, 0) is 6.42 Å². The van der Waals surface area contributed by atoms with Gasteiger partial charge in [0.15, 0.2) is 17.3 Å². The minimum absolute atomic E-state index is 0.0405. The van der Waals surface area contributed by atoms with Gasteiger partial charge in [-0.2, -0.15) is 0 Å². The maximum Gasteiger partial charge on any atom is 0.197 e. The van der Waals surface area contributed by atoms with Crippen LogP contribution < -0.4 is 10.5 Å². The molecule has 3 N–H and O–H groups in total. The van der Waals surface area contributed by atoms with Crippen LogP contribution in [0, 0.1) is 11.6 Å². The number of aromatic hydroxyl groups is 1. The second-order valence-electron chi connectivity index (χ2n) is 3.09. The SMILES string of the molecule is COc1c(F)cc(F)c(CCCN)c1O. The molecule has 1 rings (SSSR count). The van der Waals surface area contributed by atoms with E-state index < -0.39 is 17.4 Å². The number of nitrogens with two attached hydrogens (primary N) is 1. The first-order valence-electron chi connectivity index (χ1n) is 4.55. The molecule has 0 atom stereocenters. The summed E-state index contributed by atoms with van der Waals surface area (Å²) in [4.78, 5) is 0. The van der Waals surface area contributed by atoms with E-state index in [2.05, 4.69) is 4.74 Å². The van der Waals surface area contributed by atoms with Gasteiger partial charge in [-0.05, 0) is 19.4 Å². The molecule has 0 aliphatic rings. The molecule has 1 aromatic rings. The number of halogens is 2. The zero-order chi connectivity index (χ0) is 11.4. The normalized spacial score (nSPS) is 10.4. The average Bonchev–Trinajstić information content (AvgIpc) is 2.17. The largest absolute Gasteiger partial charge is 0.504 e. The number of phenols is 1. The highest BCUT2D eigenvalue weighted by atomic mass is 19.1. The van der Waals surface area contributed by atoms with E-state index in [1.165, 1.54) is 7.11 Å². The van der Waals surface area contributed by atoms with E-state index in [0.717, 1.165) is 0 Å². The minimum Gasteiger partial charge on any atom is -0.504 e. The Balaban J connectivity index is 3.14. The third kappa shape index (κ3) is 2.36. The van der Waals surface area contributed by atoms with Gasteiger partial charge in [0.2, 0.25) is 0 Å². The van der Waals surface area contributed by atoms with Crippen molar-refractivity contribution in [2.75, 3.05) is 13.7 Å². The fourth-order valence-corrected chi connectivity index (χ4v) is 1.34. The number of benzene rings is 1. The molecular weight excluding hydrogens is 204 g/mol. The van der Waals surface area contributed by atoms with Gasteiger partial charge in [-0.3, -0.25) is 0 Å². The Morgan fingerprint density at radius 2 is 2.07 bits per heavy atom. The second-order valence-corrected chi connectivity index (χ2v) is 3.09. The summed E-state index contributed by atoms with van der Waals surface area (Å²) >= 11 is 0. The lowest BCUT2D eigenvalue weighted by atomic mass is 10.1. The molecule has 1 aromatic carbocycles. The minimum atomic E-state index is -0.913. The summed E-state index contributed by atoms with van der Waals surface area (Å²) in [6, 6.07) is 0.699. The van der Waals surface area contributed by atoms with Gasteiger partial charge in [0.05, 0.1) is 7.11 Å². The van der Waals surface area contributed by atoms with E-state index in [-0.39, 0.29) is 17.7 Å². The highest BCUT2D eigenvalue weighted by Gasteiger charge is 2.18. The van der Waals surface area contributed by atoms with Crippen LogP contribution in [0.1, 0.15) is 12.0 Å². The van der Waals surface area contributed by atoms with Gasteiger partial charge >= 0.3 is 0 Å². The molecule has 0 saturated carbocycles. The van der Waals surface area contributed by atoms with Crippen molar-refractivity contribution < 1.29 is 18.6 Å². The summed E-state index contributed by atoms with van der Waals surface area (Å²) in [5, 5.41) is 9.53. The zero-order valence-corrected chi connectivity index (χ0v) is 8.39. The van der Waals surface area contributed by atoms with Gasteiger partial charge in [-0.1, -0.05) is 0 Å². The smallest absolute Gasteiger partial charge is 0.197 e. The average molecular weight is 217 g/mol. The highest BCUT2D eigenvalue weighted by molar-refractivity contribution is 5.47. The molecule has 15 heavy (non-hydrogen) atoms. The van der Waals surface area contributed by atoms with Crippen LogP contribution in [-0.4, -0.2) is 18.8 Å². The topological polar surface area (TPSA) is 55.5 Å². The van der Waals surface area contributed by atoms with Crippen molar-refractivity contribution in [2.24, 2.45) is 5.73 Å². The number of hydrogen-bond acceptors (Lipinski definition) is 3. The van der Waals surface area contributed by atoms with Crippen molar-refractivity contribution >= 4 is 0 Å². The van der Waals surface area contributed by atoms with E-state index in [1.807, 2.05) is 0 Å². The van der Waals surface area contributed by atoms with Gasteiger partial charge in [0.25, 0.3) is 0 Å². The van der Waals surface area contributed by atoms with Crippen molar-refractivity contribution in [3.8, 4) is 11.5 Å². The fourth-order valence-electron chi connectivity index (χ4n) is 1.34. The second kappa shape index (κ2) is 4.93. The first-order valence-corrected chi connectivity index (χ1v) is 4.55. The molecular formula is C10H13F2NO2. The number of ether oxygens (including phenoxy) is 1. The molecule has 0 unspecified atom stereocenters. The summed E-state index contributed by atoms with van der Waals surface area (Å²) in [6.07, 6.45) is 0.768. The molecule has 3 nitrogen and oxygen atoms in total. The van der Waals surface area contributed by atoms with Crippen LogP contribution in [0.4, 0.5) is 8.78 Å². The molecule has 0 fully saturated rings. The van der Waals surface area contributed by atoms with Gasteiger partial charge in [0, 0.05) is 11.6 Å². The van der Waals surface area contributed by atoms with Crippen molar-refractivity contribution in [2.45, 2.75) is 12.8 Å². The van der Waals surface area contributed by atoms with E-state index >= 15 is 0 Å². The molecule has 0 aromatic heterocycles. The van der Waals surface area contributed by atoms with Crippen molar-refractivity contribution in [1.29, 1.82) is 0 Å². The molecule has 0 bridgehead atoms. The molecule has 0 aliphatic heterocycles. The quantitative estimate of drug-likeness (QED) is 0.804. The van der Waals surface area contributed by atoms with E-state index in [9.17, 15) is 13.9 Å². The first kappa shape index (κ1) is 11.7. The summed E-state index contributed by atoms with van der Waals surface area (Å²) in [5.41, 5.74) is 5.31. The Kier molecular flexibility index (Phi) is 3.85. The third-order valence-electron chi connectivity index (χ3n) is 2.09. The Morgan fingerprint density at radius 3 is 2.60 bits per heavy atom. The highest BCUT2D eigenvalue weighted by Crippen LogP contribution is 2.35. The van der Waals surface area contributed by atoms with Gasteiger partial charge in [-0.25, -0.2) is 8.78 Å². The Hall–Kier alpha value is -1.36. The molecule has 0 spiro atoms. The Morgan fingerprint density at radius 1 is 1.40 bits per heavy atom. The molecule has 84 valence electrons. The first-order chi connectivity index (χ1) is 7.11.